The van der Waals surface area contributed by atoms with E-state index in [0.29, 0.717) is 17.8 Å². The zero-order valence-corrected chi connectivity index (χ0v) is 10.3. The Morgan fingerprint density at radius 3 is 2.50 bits per heavy atom. The molecule has 0 unspecified atom stereocenters. The third-order valence-electron chi connectivity index (χ3n) is 2.92. The molecule has 0 saturated carbocycles. The molecule has 18 heavy (non-hydrogen) atoms. The molecule has 0 aliphatic rings. The molecule has 0 radical (unpaired) electrons. The van der Waals surface area contributed by atoms with Gasteiger partial charge in [0.25, 0.3) is 0 Å². The maximum absolute atomic E-state index is 10.7. The number of aryl methyl sites for hydroxylation is 1. The Balaban J connectivity index is 2.28. The van der Waals surface area contributed by atoms with Crippen molar-refractivity contribution in [2.75, 3.05) is 0 Å². The van der Waals surface area contributed by atoms with Crippen LogP contribution in [0.25, 0.3) is 0 Å². The summed E-state index contributed by atoms with van der Waals surface area (Å²) in [6, 6.07) is 9.43. The second kappa shape index (κ2) is 4.80. The molecule has 0 saturated heterocycles. The molecule has 1 aromatic carbocycles. The minimum atomic E-state index is 0.462. The molecule has 90 valence electrons. The quantitative estimate of drug-likeness (QED) is 0.661. The molecule has 0 fully saturated rings. The van der Waals surface area contributed by atoms with Gasteiger partial charge < -0.3 is 0 Å². The van der Waals surface area contributed by atoms with Crippen LogP contribution in [0.5, 0.6) is 0 Å². The highest BCUT2D eigenvalue weighted by Crippen LogP contribution is 2.18. The molecule has 0 aliphatic heterocycles. The summed E-state index contributed by atoms with van der Waals surface area (Å²) in [5.74, 6) is 0. The molecule has 0 spiro atoms. The third-order valence-corrected chi connectivity index (χ3v) is 2.92. The molecule has 2 aromatic rings. The fraction of sp³-hybridized carbons (Fsp3) is 0.231. The molecule has 1 N–H and O–H groups in total. The molecule has 0 atom stereocenters. The molecular weight excluding hydrogens is 228 g/mol. The van der Waals surface area contributed by atoms with Crippen LogP contribution in [-0.2, 0) is 6.54 Å². The minimum absolute atomic E-state index is 0.462. The monoisotopic (exact) mass is 241 g/mol. The summed E-state index contributed by atoms with van der Waals surface area (Å²) in [6.07, 6.45) is 0. The van der Waals surface area contributed by atoms with Crippen LogP contribution in [0.3, 0.4) is 0 Å². The molecule has 2 rings (SSSR count). The number of nitrogens with zero attached hydrogens (tertiary/aromatic N) is 3. The average Bonchev–Trinajstić information content (AvgIpc) is 2.65. The number of aromatic amines is 1. The van der Waals surface area contributed by atoms with E-state index in [0.717, 1.165) is 17.0 Å². The van der Waals surface area contributed by atoms with Crippen molar-refractivity contribution in [1.29, 1.82) is 5.26 Å². The number of H-pyrrole nitrogens is 1. The van der Waals surface area contributed by atoms with Gasteiger partial charge in [0.05, 0.1) is 11.6 Å². The first-order chi connectivity index (χ1) is 8.65. The van der Waals surface area contributed by atoms with Gasteiger partial charge in [-0.15, -0.1) is 9.59 Å². The topological polar surface area (TPSA) is 72.9 Å². The molecule has 1 heterocycles. The van der Waals surface area contributed by atoms with Crippen LogP contribution in [0, 0.1) is 30.1 Å². The number of nitroso groups, excluding NO2 is 1. The van der Waals surface area contributed by atoms with E-state index >= 15 is 0 Å². The largest absolute Gasteiger partial charge is 0.234 e. The van der Waals surface area contributed by atoms with Gasteiger partial charge in [-0.25, -0.2) is 0 Å². The van der Waals surface area contributed by atoms with Crippen molar-refractivity contribution in [1.82, 2.24) is 5.10 Å². The molecule has 1 aromatic heterocycles. The Kier molecular flexibility index (Phi) is 3.20. The highest BCUT2D eigenvalue weighted by molar-refractivity contribution is 5.42. The normalized spacial score (nSPS) is 10.1. The van der Waals surface area contributed by atoms with Gasteiger partial charge in [-0.2, -0.15) is 10.4 Å². The standard InChI is InChI=1S/C13H12N4O/c1-9-13(16-18)10(2)17(15-9)8-12-5-3-11(7-14)4-6-12/h3-6H,8H2,1-2H3/p+1. The fourth-order valence-electron chi connectivity index (χ4n) is 1.90. The second-order valence-corrected chi connectivity index (χ2v) is 4.16. The number of nitriles is 1. The summed E-state index contributed by atoms with van der Waals surface area (Å²) in [5.41, 5.74) is 3.73. The van der Waals surface area contributed by atoms with Crippen molar-refractivity contribution in [3.63, 3.8) is 0 Å². The number of benzene rings is 1. The zero-order valence-electron chi connectivity index (χ0n) is 10.3. The van der Waals surface area contributed by atoms with Crippen molar-refractivity contribution in [2.24, 2.45) is 5.18 Å². The van der Waals surface area contributed by atoms with Crippen LogP contribution in [0.4, 0.5) is 5.69 Å². The number of rotatable bonds is 3. The first-order valence-corrected chi connectivity index (χ1v) is 5.57. The van der Waals surface area contributed by atoms with Crippen LogP contribution in [-0.4, -0.2) is 5.10 Å². The summed E-state index contributed by atoms with van der Waals surface area (Å²) >= 11 is 0. The lowest BCUT2D eigenvalue weighted by molar-refractivity contribution is -0.747. The van der Waals surface area contributed by atoms with Crippen molar-refractivity contribution in [3.8, 4) is 6.07 Å². The Morgan fingerprint density at radius 1 is 1.33 bits per heavy atom. The molecule has 0 amide bonds. The van der Waals surface area contributed by atoms with Crippen LogP contribution in [0.2, 0.25) is 0 Å². The Morgan fingerprint density at radius 2 is 2.00 bits per heavy atom. The van der Waals surface area contributed by atoms with Crippen molar-refractivity contribution in [3.05, 3.63) is 51.7 Å². The van der Waals surface area contributed by atoms with E-state index in [2.05, 4.69) is 16.3 Å². The molecule has 5 nitrogen and oxygen atoms in total. The maximum Gasteiger partial charge on any atom is 0.234 e. The highest BCUT2D eigenvalue weighted by atomic mass is 16.3. The van der Waals surface area contributed by atoms with Gasteiger partial charge in [0.1, 0.15) is 5.69 Å². The van der Waals surface area contributed by atoms with E-state index in [1.807, 2.05) is 30.7 Å². The number of nitrogens with one attached hydrogen (secondary N) is 1. The molecule has 5 heteroatoms. The Bertz CT molecular complexity index is 620. The van der Waals surface area contributed by atoms with Crippen LogP contribution in [0.15, 0.2) is 29.4 Å². The van der Waals surface area contributed by atoms with Gasteiger partial charge in [-0.05, 0) is 24.2 Å². The van der Waals surface area contributed by atoms with Crippen LogP contribution in [0.1, 0.15) is 22.5 Å². The van der Waals surface area contributed by atoms with E-state index in [1.165, 1.54) is 0 Å². The SMILES string of the molecule is Cc1[nH][n+](Cc2ccc(C#N)cc2)c(C)c1N=O. The van der Waals surface area contributed by atoms with E-state index in [9.17, 15) is 4.91 Å². The zero-order chi connectivity index (χ0) is 13.1. The molecular formula is C13H13N4O+. The van der Waals surface area contributed by atoms with Gasteiger partial charge in [0, 0.05) is 12.5 Å². The lowest BCUT2D eigenvalue weighted by atomic mass is 10.1. The van der Waals surface area contributed by atoms with E-state index in [4.69, 9.17) is 5.26 Å². The number of hydrogen-bond donors (Lipinski definition) is 1. The van der Waals surface area contributed by atoms with Gasteiger partial charge in [0.15, 0.2) is 6.54 Å². The average molecular weight is 241 g/mol. The maximum atomic E-state index is 10.7. The first kappa shape index (κ1) is 12.0. The lowest BCUT2D eigenvalue weighted by Crippen LogP contribution is -2.38. The van der Waals surface area contributed by atoms with Gasteiger partial charge in [-0.3, -0.25) is 0 Å². The van der Waals surface area contributed by atoms with E-state index < -0.39 is 0 Å². The smallest absolute Gasteiger partial charge is 0.192 e. The Hall–Kier alpha value is -2.48. The van der Waals surface area contributed by atoms with E-state index in [-0.39, 0.29) is 0 Å². The van der Waals surface area contributed by atoms with Gasteiger partial charge in [-0.1, -0.05) is 12.1 Å². The van der Waals surface area contributed by atoms with Crippen molar-refractivity contribution >= 4 is 5.69 Å². The molecule has 0 bridgehead atoms. The number of hydrogen-bond acceptors (Lipinski definition) is 3. The van der Waals surface area contributed by atoms with E-state index in [1.54, 1.807) is 12.1 Å². The first-order valence-electron chi connectivity index (χ1n) is 5.57. The Labute approximate surface area is 105 Å². The minimum Gasteiger partial charge on any atom is -0.192 e. The lowest BCUT2D eigenvalue weighted by Gasteiger charge is -1.96. The van der Waals surface area contributed by atoms with Gasteiger partial charge in [0.2, 0.25) is 11.4 Å². The second-order valence-electron chi connectivity index (χ2n) is 4.16. The predicted molar refractivity (Wildman–Crippen MR) is 66.2 cm³/mol. The highest BCUT2D eigenvalue weighted by Gasteiger charge is 2.19. The van der Waals surface area contributed by atoms with Gasteiger partial charge >= 0.3 is 0 Å². The van der Waals surface area contributed by atoms with Crippen molar-refractivity contribution < 1.29 is 4.68 Å². The summed E-state index contributed by atoms with van der Waals surface area (Å²) in [6.45, 7) is 4.29. The summed E-state index contributed by atoms with van der Waals surface area (Å²) in [4.78, 5) is 10.7. The van der Waals surface area contributed by atoms with Crippen LogP contribution >= 0.6 is 0 Å². The number of aromatic nitrogens is 2. The van der Waals surface area contributed by atoms with Crippen molar-refractivity contribution in [2.45, 2.75) is 20.4 Å². The predicted octanol–water partition coefficient (Wildman–Crippen LogP) is 2.24. The molecule has 0 aliphatic carbocycles. The van der Waals surface area contributed by atoms with Crippen LogP contribution < -0.4 is 4.68 Å². The third kappa shape index (κ3) is 2.13. The summed E-state index contributed by atoms with van der Waals surface area (Å²) < 4.78 is 1.87. The summed E-state index contributed by atoms with van der Waals surface area (Å²) in [5, 5.41) is 14.8. The summed E-state index contributed by atoms with van der Waals surface area (Å²) in [7, 11) is 0. The fourth-order valence-corrected chi connectivity index (χ4v) is 1.90.